The van der Waals surface area contributed by atoms with Crippen molar-refractivity contribution >= 4 is 5.91 Å². The minimum absolute atomic E-state index is 0.0503. The Kier molecular flexibility index (Phi) is 5.01. The first kappa shape index (κ1) is 13.8. The number of hydrogen-bond acceptors (Lipinski definition) is 3. The molecule has 0 aromatic heterocycles. The number of piperidine rings is 1. The van der Waals surface area contributed by atoms with Gasteiger partial charge in [0.1, 0.15) is 0 Å². The summed E-state index contributed by atoms with van der Waals surface area (Å²) in [7, 11) is 0. The van der Waals surface area contributed by atoms with Crippen LogP contribution in [0.2, 0.25) is 0 Å². The molecular weight excluding hydrogens is 226 g/mol. The maximum Gasteiger partial charge on any atom is 0.237 e. The predicted molar refractivity (Wildman–Crippen MR) is 73.5 cm³/mol. The van der Waals surface area contributed by atoms with Gasteiger partial charge < -0.3 is 15.5 Å². The first-order chi connectivity index (χ1) is 8.66. The Balaban J connectivity index is 1.81. The van der Waals surface area contributed by atoms with Gasteiger partial charge >= 0.3 is 0 Å². The minimum atomic E-state index is 0.0503. The second kappa shape index (κ2) is 6.53. The van der Waals surface area contributed by atoms with E-state index >= 15 is 0 Å². The Morgan fingerprint density at radius 1 is 1.22 bits per heavy atom. The topological polar surface area (TPSA) is 44.4 Å². The number of rotatable bonds is 3. The molecule has 4 nitrogen and oxygen atoms in total. The minimum Gasteiger partial charge on any atom is -0.355 e. The van der Waals surface area contributed by atoms with Gasteiger partial charge in [0.25, 0.3) is 0 Å². The first-order valence-corrected chi connectivity index (χ1v) is 7.44. The number of hydrogen-bond donors (Lipinski definition) is 2. The molecule has 0 radical (unpaired) electrons. The Labute approximate surface area is 110 Å². The summed E-state index contributed by atoms with van der Waals surface area (Å²) in [5.74, 6) is 0.200. The zero-order valence-corrected chi connectivity index (χ0v) is 11.7. The predicted octanol–water partition coefficient (Wildman–Crippen LogP) is 1.12. The molecule has 1 amide bonds. The van der Waals surface area contributed by atoms with Gasteiger partial charge in [-0.25, -0.2) is 0 Å². The maximum absolute atomic E-state index is 11.7. The van der Waals surface area contributed by atoms with Crippen LogP contribution in [0.15, 0.2) is 0 Å². The van der Waals surface area contributed by atoms with Gasteiger partial charge in [-0.2, -0.15) is 0 Å². The van der Waals surface area contributed by atoms with Crippen molar-refractivity contribution in [1.82, 2.24) is 15.5 Å². The van der Waals surface area contributed by atoms with Crippen LogP contribution in [0.3, 0.4) is 0 Å². The van der Waals surface area contributed by atoms with Crippen molar-refractivity contribution in [2.45, 2.75) is 64.1 Å². The molecule has 2 fully saturated rings. The van der Waals surface area contributed by atoms with Crippen LogP contribution >= 0.6 is 0 Å². The van der Waals surface area contributed by atoms with Crippen molar-refractivity contribution in [3.63, 3.8) is 0 Å². The largest absolute Gasteiger partial charge is 0.355 e. The van der Waals surface area contributed by atoms with Crippen LogP contribution in [0.5, 0.6) is 0 Å². The normalized spacial score (nSPS) is 31.2. The smallest absolute Gasteiger partial charge is 0.237 e. The summed E-state index contributed by atoms with van der Waals surface area (Å²) < 4.78 is 0. The molecule has 2 rings (SSSR count). The standard InChI is InChI=1S/C14H27N3O/c1-11(2)17-9-4-5-12(7-10-17)16-13-6-3-8-15-14(13)18/h11-13,16H,3-10H2,1-2H3,(H,15,18). The van der Waals surface area contributed by atoms with Gasteiger partial charge in [-0.1, -0.05) is 0 Å². The summed E-state index contributed by atoms with van der Waals surface area (Å²) >= 11 is 0. The lowest BCUT2D eigenvalue weighted by Gasteiger charge is -2.28. The van der Waals surface area contributed by atoms with Gasteiger partial charge in [-0.05, 0) is 59.0 Å². The molecule has 2 aliphatic rings. The Morgan fingerprint density at radius 2 is 2.06 bits per heavy atom. The second-order valence-corrected chi connectivity index (χ2v) is 5.91. The van der Waals surface area contributed by atoms with Gasteiger partial charge in [-0.15, -0.1) is 0 Å². The number of amides is 1. The Bertz CT molecular complexity index is 280. The van der Waals surface area contributed by atoms with E-state index < -0.39 is 0 Å². The van der Waals surface area contributed by atoms with Gasteiger partial charge in [0.2, 0.25) is 5.91 Å². The van der Waals surface area contributed by atoms with E-state index in [1.165, 1.54) is 25.8 Å². The number of nitrogens with one attached hydrogen (secondary N) is 2. The third-order valence-electron chi connectivity index (χ3n) is 4.22. The molecule has 104 valence electrons. The fraction of sp³-hybridized carbons (Fsp3) is 0.929. The summed E-state index contributed by atoms with van der Waals surface area (Å²) in [5.41, 5.74) is 0. The van der Waals surface area contributed by atoms with Crippen LogP contribution < -0.4 is 10.6 Å². The maximum atomic E-state index is 11.7. The fourth-order valence-electron chi connectivity index (χ4n) is 3.02. The molecule has 0 aromatic carbocycles. The average Bonchev–Trinajstić information content (AvgIpc) is 2.58. The fourth-order valence-corrected chi connectivity index (χ4v) is 3.02. The van der Waals surface area contributed by atoms with E-state index in [0.717, 1.165) is 25.9 Å². The highest BCUT2D eigenvalue weighted by Gasteiger charge is 2.26. The van der Waals surface area contributed by atoms with Gasteiger partial charge in [0.15, 0.2) is 0 Å². The second-order valence-electron chi connectivity index (χ2n) is 5.91. The Hall–Kier alpha value is -0.610. The molecule has 2 atom stereocenters. The highest BCUT2D eigenvalue weighted by Crippen LogP contribution is 2.15. The zero-order chi connectivity index (χ0) is 13.0. The molecule has 2 unspecified atom stereocenters. The van der Waals surface area contributed by atoms with Crippen molar-refractivity contribution in [2.75, 3.05) is 19.6 Å². The van der Waals surface area contributed by atoms with Crippen LogP contribution in [0.4, 0.5) is 0 Å². The molecule has 18 heavy (non-hydrogen) atoms. The molecule has 2 aliphatic heterocycles. The summed E-state index contributed by atoms with van der Waals surface area (Å²) in [6.45, 7) is 7.74. The molecule has 4 heteroatoms. The van der Waals surface area contributed by atoms with E-state index in [1.807, 2.05) is 0 Å². The van der Waals surface area contributed by atoms with Crippen molar-refractivity contribution in [3.8, 4) is 0 Å². The van der Waals surface area contributed by atoms with E-state index in [9.17, 15) is 4.79 Å². The summed E-state index contributed by atoms with van der Waals surface area (Å²) in [4.78, 5) is 14.3. The van der Waals surface area contributed by atoms with E-state index in [-0.39, 0.29) is 11.9 Å². The average molecular weight is 253 g/mol. The number of carbonyl (C=O) groups excluding carboxylic acids is 1. The molecule has 2 saturated heterocycles. The van der Waals surface area contributed by atoms with Gasteiger partial charge in [0, 0.05) is 18.6 Å². The lowest BCUT2D eigenvalue weighted by atomic mass is 10.0. The Morgan fingerprint density at radius 3 is 2.78 bits per heavy atom. The van der Waals surface area contributed by atoms with Crippen LogP contribution in [0, 0.1) is 0 Å². The van der Waals surface area contributed by atoms with E-state index in [0.29, 0.717) is 12.1 Å². The number of nitrogens with zero attached hydrogens (tertiary/aromatic N) is 1. The summed E-state index contributed by atoms with van der Waals surface area (Å²) in [6, 6.07) is 1.21. The third kappa shape index (κ3) is 3.69. The van der Waals surface area contributed by atoms with Crippen LogP contribution in [-0.4, -0.2) is 48.6 Å². The van der Waals surface area contributed by atoms with Crippen molar-refractivity contribution < 1.29 is 4.79 Å². The van der Waals surface area contributed by atoms with Crippen LogP contribution in [-0.2, 0) is 4.79 Å². The highest BCUT2D eigenvalue weighted by atomic mass is 16.2. The SMILES string of the molecule is CC(C)N1CCCC(NC2CCCNC2=O)CC1. The van der Waals surface area contributed by atoms with Crippen molar-refractivity contribution in [3.05, 3.63) is 0 Å². The molecule has 0 spiro atoms. The number of carbonyl (C=O) groups is 1. The lowest BCUT2D eigenvalue weighted by Crippen LogP contribution is -2.51. The van der Waals surface area contributed by atoms with E-state index in [4.69, 9.17) is 0 Å². The molecule has 0 bridgehead atoms. The monoisotopic (exact) mass is 253 g/mol. The quantitative estimate of drug-likeness (QED) is 0.792. The molecule has 0 aromatic rings. The van der Waals surface area contributed by atoms with E-state index in [2.05, 4.69) is 29.4 Å². The zero-order valence-electron chi connectivity index (χ0n) is 11.7. The summed E-state index contributed by atoms with van der Waals surface area (Å²) in [6.07, 6.45) is 5.71. The highest BCUT2D eigenvalue weighted by molar-refractivity contribution is 5.82. The molecule has 2 heterocycles. The molecular formula is C14H27N3O. The summed E-state index contributed by atoms with van der Waals surface area (Å²) in [5, 5.41) is 6.52. The molecule has 0 aliphatic carbocycles. The third-order valence-corrected chi connectivity index (χ3v) is 4.22. The lowest BCUT2D eigenvalue weighted by molar-refractivity contribution is -0.124. The van der Waals surface area contributed by atoms with Crippen molar-refractivity contribution in [2.24, 2.45) is 0 Å². The van der Waals surface area contributed by atoms with Crippen molar-refractivity contribution in [1.29, 1.82) is 0 Å². The van der Waals surface area contributed by atoms with E-state index in [1.54, 1.807) is 0 Å². The van der Waals surface area contributed by atoms with Crippen LogP contribution in [0.1, 0.15) is 46.0 Å². The van der Waals surface area contributed by atoms with Gasteiger partial charge in [-0.3, -0.25) is 4.79 Å². The first-order valence-electron chi connectivity index (χ1n) is 7.44. The number of likely N-dealkylation sites (tertiary alicyclic amines) is 1. The van der Waals surface area contributed by atoms with Gasteiger partial charge in [0.05, 0.1) is 6.04 Å². The molecule has 2 N–H and O–H groups in total. The molecule has 0 saturated carbocycles. The van der Waals surface area contributed by atoms with Crippen LogP contribution in [0.25, 0.3) is 0 Å².